The van der Waals surface area contributed by atoms with E-state index >= 15 is 0 Å². The molecule has 3 rings (SSSR count). The molecule has 0 bridgehead atoms. The normalized spacial score (nSPS) is 11.1. The third-order valence-electron chi connectivity index (χ3n) is 3.53. The van der Waals surface area contributed by atoms with E-state index in [1.807, 2.05) is 24.3 Å². The second-order valence-electron chi connectivity index (χ2n) is 5.24. The second kappa shape index (κ2) is 5.00. The van der Waals surface area contributed by atoms with Crippen molar-refractivity contribution >= 4 is 16.8 Å². The van der Waals surface area contributed by atoms with Crippen LogP contribution in [0, 0.1) is 13.8 Å². The summed E-state index contributed by atoms with van der Waals surface area (Å²) >= 11 is 0. The maximum absolute atomic E-state index is 5.95. The van der Waals surface area contributed by atoms with Crippen molar-refractivity contribution in [1.29, 1.82) is 0 Å². The quantitative estimate of drug-likeness (QED) is 0.733. The zero-order valence-corrected chi connectivity index (χ0v) is 11.8. The van der Waals surface area contributed by atoms with Crippen LogP contribution in [0.3, 0.4) is 0 Å². The minimum absolute atomic E-state index is 0.765. The molecule has 0 aliphatic heterocycles. The smallest absolute Gasteiger partial charge is 0.195 e. The Morgan fingerprint density at radius 2 is 1.90 bits per heavy atom. The van der Waals surface area contributed by atoms with E-state index in [0.717, 1.165) is 46.6 Å². The largest absolute Gasteiger partial charge is 0.440 e. The van der Waals surface area contributed by atoms with E-state index in [9.17, 15) is 0 Å². The molecule has 20 heavy (non-hydrogen) atoms. The summed E-state index contributed by atoms with van der Waals surface area (Å²) in [5.41, 5.74) is 12.1. The number of para-hydroxylation sites is 1. The molecule has 3 heteroatoms. The van der Waals surface area contributed by atoms with Crippen molar-refractivity contribution in [3.05, 3.63) is 59.0 Å². The van der Waals surface area contributed by atoms with Gasteiger partial charge in [-0.2, -0.15) is 0 Å². The van der Waals surface area contributed by atoms with Gasteiger partial charge in [-0.25, -0.2) is 4.98 Å². The van der Waals surface area contributed by atoms with Crippen LogP contribution in [0.4, 0.5) is 5.69 Å². The molecule has 102 valence electrons. The number of oxazole rings is 1. The van der Waals surface area contributed by atoms with E-state index < -0.39 is 0 Å². The molecule has 0 unspecified atom stereocenters. The van der Waals surface area contributed by atoms with Gasteiger partial charge in [-0.1, -0.05) is 24.3 Å². The first kappa shape index (κ1) is 12.7. The fourth-order valence-electron chi connectivity index (χ4n) is 2.53. The van der Waals surface area contributed by atoms with E-state index in [-0.39, 0.29) is 0 Å². The van der Waals surface area contributed by atoms with Crippen LogP contribution >= 0.6 is 0 Å². The van der Waals surface area contributed by atoms with Crippen LogP contribution in [-0.2, 0) is 12.8 Å². The lowest BCUT2D eigenvalue weighted by molar-refractivity contribution is 0.527. The monoisotopic (exact) mass is 266 g/mol. The van der Waals surface area contributed by atoms with Gasteiger partial charge in [0.15, 0.2) is 11.5 Å². The number of anilines is 1. The van der Waals surface area contributed by atoms with Gasteiger partial charge in [0.05, 0.1) is 0 Å². The van der Waals surface area contributed by atoms with E-state index in [1.54, 1.807) is 0 Å². The van der Waals surface area contributed by atoms with Crippen LogP contribution in [-0.4, -0.2) is 4.98 Å². The van der Waals surface area contributed by atoms with Crippen LogP contribution in [0.2, 0.25) is 0 Å². The van der Waals surface area contributed by atoms with Crippen molar-refractivity contribution in [3.8, 4) is 0 Å². The molecule has 0 atom stereocenters. The molecule has 0 aliphatic carbocycles. The summed E-state index contributed by atoms with van der Waals surface area (Å²) in [7, 11) is 0. The molecule has 0 radical (unpaired) electrons. The molecule has 1 aromatic heterocycles. The summed E-state index contributed by atoms with van der Waals surface area (Å²) in [6, 6.07) is 12.1. The Morgan fingerprint density at radius 3 is 2.70 bits per heavy atom. The van der Waals surface area contributed by atoms with Gasteiger partial charge >= 0.3 is 0 Å². The molecule has 3 nitrogen and oxygen atoms in total. The molecule has 0 spiro atoms. The Hall–Kier alpha value is -2.29. The molecule has 0 fully saturated rings. The number of rotatable bonds is 3. The van der Waals surface area contributed by atoms with Gasteiger partial charge in [-0.3, -0.25) is 0 Å². The molecule has 2 N–H and O–H groups in total. The van der Waals surface area contributed by atoms with Crippen molar-refractivity contribution in [2.45, 2.75) is 26.7 Å². The SMILES string of the molecule is Cc1cc(C)c2oc(CCc3ccccc3N)nc2c1. The Bertz CT molecular complexity index is 759. The fraction of sp³-hybridized carbons (Fsp3) is 0.235. The molecule has 0 amide bonds. The average molecular weight is 266 g/mol. The van der Waals surface area contributed by atoms with Crippen molar-refractivity contribution < 1.29 is 4.42 Å². The molecular weight excluding hydrogens is 248 g/mol. The predicted octanol–water partition coefficient (Wildman–Crippen LogP) is 3.81. The summed E-state index contributed by atoms with van der Waals surface area (Å²) in [5, 5.41) is 0. The van der Waals surface area contributed by atoms with Crippen molar-refractivity contribution in [2.75, 3.05) is 5.73 Å². The number of aryl methyl sites for hydroxylation is 4. The summed E-state index contributed by atoms with van der Waals surface area (Å²) < 4.78 is 5.86. The number of nitrogens with two attached hydrogens (primary N) is 1. The number of benzene rings is 2. The lowest BCUT2D eigenvalue weighted by Crippen LogP contribution is -1.96. The van der Waals surface area contributed by atoms with Crippen LogP contribution in [0.15, 0.2) is 40.8 Å². The number of nitrogens with zero attached hydrogens (tertiary/aromatic N) is 1. The van der Waals surface area contributed by atoms with Gasteiger partial charge in [-0.05, 0) is 49.1 Å². The average Bonchev–Trinajstić information content (AvgIpc) is 2.81. The van der Waals surface area contributed by atoms with E-state index in [0.29, 0.717) is 0 Å². The number of fused-ring (bicyclic) bond motifs is 1. The van der Waals surface area contributed by atoms with Crippen molar-refractivity contribution in [3.63, 3.8) is 0 Å². The van der Waals surface area contributed by atoms with Gasteiger partial charge < -0.3 is 10.2 Å². The highest BCUT2D eigenvalue weighted by atomic mass is 16.3. The highest BCUT2D eigenvalue weighted by Gasteiger charge is 2.09. The van der Waals surface area contributed by atoms with Crippen LogP contribution in [0.1, 0.15) is 22.6 Å². The van der Waals surface area contributed by atoms with E-state index in [2.05, 4.69) is 31.0 Å². The zero-order valence-electron chi connectivity index (χ0n) is 11.8. The third kappa shape index (κ3) is 2.39. The second-order valence-corrected chi connectivity index (χ2v) is 5.24. The van der Waals surface area contributed by atoms with Gasteiger partial charge in [0.1, 0.15) is 5.52 Å². The number of nitrogen functional groups attached to an aromatic ring is 1. The standard InChI is InChI=1S/C17H18N2O/c1-11-9-12(2)17-15(10-11)19-16(20-17)8-7-13-5-3-4-6-14(13)18/h3-6,9-10H,7-8,18H2,1-2H3. The number of hydrogen-bond acceptors (Lipinski definition) is 3. The lowest BCUT2D eigenvalue weighted by atomic mass is 10.1. The van der Waals surface area contributed by atoms with Crippen LogP contribution < -0.4 is 5.73 Å². The van der Waals surface area contributed by atoms with Crippen LogP contribution in [0.5, 0.6) is 0 Å². The maximum Gasteiger partial charge on any atom is 0.195 e. The summed E-state index contributed by atoms with van der Waals surface area (Å²) in [6.45, 7) is 4.13. The fourth-order valence-corrected chi connectivity index (χ4v) is 2.53. The van der Waals surface area contributed by atoms with E-state index in [4.69, 9.17) is 10.2 Å². The van der Waals surface area contributed by atoms with Crippen molar-refractivity contribution in [1.82, 2.24) is 4.98 Å². The Balaban J connectivity index is 1.85. The molecule has 0 saturated heterocycles. The molecule has 0 aliphatic rings. The molecule has 3 aromatic rings. The summed E-state index contributed by atoms with van der Waals surface area (Å²) in [4.78, 5) is 4.57. The first-order valence-corrected chi connectivity index (χ1v) is 6.83. The number of aromatic nitrogens is 1. The van der Waals surface area contributed by atoms with Gasteiger partial charge in [0, 0.05) is 12.1 Å². The summed E-state index contributed by atoms with van der Waals surface area (Å²) in [6.07, 6.45) is 1.61. The predicted molar refractivity (Wildman–Crippen MR) is 81.7 cm³/mol. The lowest BCUT2D eigenvalue weighted by Gasteiger charge is -2.02. The van der Waals surface area contributed by atoms with Crippen LogP contribution in [0.25, 0.3) is 11.1 Å². The molecule has 0 saturated carbocycles. The maximum atomic E-state index is 5.95. The minimum Gasteiger partial charge on any atom is -0.440 e. The topological polar surface area (TPSA) is 52.0 Å². The molecule has 2 aromatic carbocycles. The highest BCUT2D eigenvalue weighted by Crippen LogP contribution is 2.22. The van der Waals surface area contributed by atoms with Gasteiger partial charge in [0.2, 0.25) is 0 Å². The van der Waals surface area contributed by atoms with Gasteiger partial charge in [-0.15, -0.1) is 0 Å². The van der Waals surface area contributed by atoms with Gasteiger partial charge in [0.25, 0.3) is 0 Å². The summed E-state index contributed by atoms with van der Waals surface area (Å²) in [5.74, 6) is 0.775. The zero-order chi connectivity index (χ0) is 14.1. The molecular formula is C17H18N2O. The first-order valence-electron chi connectivity index (χ1n) is 6.83. The third-order valence-corrected chi connectivity index (χ3v) is 3.53. The van der Waals surface area contributed by atoms with Crippen molar-refractivity contribution in [2.24, 2.45) is 0 Å². The Kier molecular flexibility index (Phi) is 3.18. The Morgan fingerprint density at radius 1 is 1.10 bits per heavy atom. The molecule has 1 heterocycles. The Labute approximate surface area is 118 Å². The number of hydrogen-bond donors (Lipinski definition) is 1. The highest BCUT2D eigenvalue weighted by molar-refractivity contribution is 5.77. The minimum atomic E-state index is 0.765. The first-order chi connectivity index (χ1) is 9.63. The van der Waals surface area contributed by atoms with E-state index in [1.165, 1.54) is 5.56 Å².